The van der Waals surface area contributed by atoms with Crippen molar-refractivity contribution in [2.24, 2.45) is 0 Å². The van der Waals surface area contributed by atoms with Crippen LogP contribution in [0.1, 0.15) is 6.42 Å². The first kappa shape index (κ1) is 12.8. The zero-order chi connectivity index (χ0) is 11.1. The number of carbonyl (C=O) groups is 1. The first-order valence-electron chi connectivity index (χ1n) is 5.43. The molecular formula is C10H21N3OS. The molecule has 2 N–H and O–H groups in total. The predicted molar refractivity (Wildman–Crippen MR) is 65.3 cm³/mol. The van der Waals surface area contributed by atoms with E-state index in [4.69, 9.17) is 0 Å². The van der Waals surface area contributed by atoms with Gasteiger partial charge in [0.15, 0.2) is 0 Å². The summed E-state index contributed by atoms with van der Waals surface area (Å²) in [6.07, 6.45) is 0.632. The molecule has 1 aliphatic rings. The molecule has 0 saturated carbocycles. The van der Waals surface area contributed by atoms with Gasteiger partial charge in [0, 0.05) is 50.7 Å². The van der Waals surface area contributed by atoms with Gasteiger partial charge in [-0.3, -0.25) is 4.79 Å². The van der Waals surface area contributed by atoms with E-state index in [2.05, 4.69) is 10.6 Å². The minimum Gasteiger partial charge on any atom is -0.344 e. The van der Waals surface area contributed by atoms with E-state index in [0.29, 0.717) is 12.5 Å². The molecule has 0 spiro atoms. The van der Waals surface area contributed by atoms with Gasteiger partial charge >= 0.3 is 0 Å². The molecule has 5 heteroatoms. The summed E-state index contributed by atoms with van der Waals surface area (Å²) in [6.45, 7) is 2.67. The molecule has 1 heterocycles. The van der Waals surface area contributed by atoms with Gasteiger partial charge in [-0.2, -0.15) is 11.8 Å². The number of likely N-dealkylation sites (N-methyl/N-ethyl adjacent to an activating group) is 2. The van der Waals surface area contributed by atoms with Crippen LogP contribution in [-0.4, -0.2) is 62.1 Å². The normalized spacial score (nSPS) is 21.3. The molecule has 1 atom stereocenters. The van der Waals surface area contributed by atoms with Crippen molar-refractivity contribution in [1.82, 2.24) is 15.5 Å². The number of carbonyl (C=O) groups excluding carboxylic acids is 1. The third kappa shape index (κ3) is 4.86. The highest BCUT2D eigenvalue weighted by atomic mass is 32.2. The lowest BCUT2D eigenvalue weighted by atomic mass is 10.2. The van der Waals surface area contributed by atoms with Gasteiger partial charge in [-0.1, -0.05) is 0 Å². The van der Waals surface area contributed by atoms with E-state index in [1.54, 1.807) is 4.90 Å². The first-order valence-corrected chi connectivity index (χ1v) is 6.59. The fraction of sp³-hybridized carbons (Fsp3) is 0.900. The molecular weight excluding hydrogens is 210 g/mol. The Kier molecular flexibility index (Phi) is 6.05. The van der Waals surface area contributed by atoms with Crippen molar-refractivity contribution in [3.8, 4) is 0 Å². The number of rotatable bonds is 5. The second kappa shape index (κ2) is 7.09. The van der Waals surface area contributed by atoms with Crippen LogP contribution in [-0.2, 0) is 4.79 Å². The van der Waals surface area contributed by atoms with E-state index in [0.717, 1.165) is 25.4 Å². The van der Waals surface area contributed by atoms with E-state index in [1.165, 1.54) is 5.75 Å². The molecule has 15 heavy (non-hydrogen) atoms. The van der Waals surface area contributed by atoms with Gasteiger partial charge in [0.2, 0.25) is 5.91 Å². The lowest BCUT2D eigenvalue weighted by Crippen LogP contribution is -2.42. The van der Waals surface area contributed by atoms with E-state index in [9.17, 15) is 4.79 Å². The summed E-state index contributed by atoms with van der Waals surface area (Å²) in [6, 6.07) is 0.369. The SMILES string of the molecule is CNCCN(C)C(=O)CC1CSCCN1. The van der Waals surface area contributed by atoms with Crippen molar-refractivity contribution < 1.29 is 4.79 Å². The van der Waals surface area contributed by atoms with Crippen LogP contribution in [0.4, 0.5) is 0 Å². The summed E-state index contributed by atoms with van der Waals surface area (Å²) in [7, 11) is 3.77. The van der Waals surface area contributed by atoms with Crippen LogP contribution in [0.5, 0.6) is 0 Å². The molecule has 1 unspecified atom stereocenters. The average molecular weight is 231 g/mol. The Labute approximate surface area is 96.2 Å². The van der Waals surface area contributed by atoms with Crippen molar-refractivity contribution in [1.29, 1.82) is 0 Å². The van der Waals surface area contributed by atoms with Crippen molar-refractivity contribution in [2.75, 3.05) is 45.2 Å². The van der Waals surface area contributed by atoms with Gasteiger partial charge in [-0.25, -0.2) is 0 Å². The average Bonchev–Trinajstić information content (AvgIpc) is 2.27. The smallest absolute Gasteiger partial charge is 0.223 e. The van der Waals surface area contributed by atoms with Crippen molar-refractivity contribution in [2.45, 2.75) is 12.5 Å². The fourth-order valence-corrected chi connectivity index (χ4v) is 2.47. The monoisotopic (exact) mass is 231 g/mol. The Bertz CT molecular complexity index is 195. The topological polar surface area (TPSA) is 44.4 Å². The van der Waals surface area contributed by atoms with Crippen LogP contribution < -0.4 is 10.6 Å². The Balaban J connectivity index is 2.20. The van der Waals surface area contributed by atoms with Crippen molar-refractivity contribution in [3.63, 3.8) is 0 Å². The quantitative estimate of drug-likeness (QED) is 0.685. The lowest BCUT2D eigenvalue weighted by Gasteiger charge is -2.25. The van der Waals surface area contributed by atoms with Gasteiger partial charge in [0.05, 0.1) is 0 Å². The molecule has 1 amide bonds. The molecule has 0 aromatic heterocycles. The van der Waals surface area contributed by atoms with E-state index in [1.807, 2.05) is 25.9 Å². The van der Waals surface area contributed by atoms with E-state index >= 15 is 0 Å². The summed E-state index contributed by atoms with van der Waals surface area (Å²) in [5.41, 5.74) is 0. The zero-order valence-corrected chi connectivity index (χ0v) is 10.4. The van der Waals surface area contributed by atoms with Gasteiger partial charge in [0.25, 0.3) is 0 Å². The minimum absolute atomic E-state index is 0.241. The second-order valence-electron chi connectivity index (χ2n) is 3.85. The Hall–Kier alpha value is -0.260. The van der Waals surface area contributed by atoms with Crippen LogP contribution in [0.25, 0.3) is 0 Å². The van der Waals surface area contributed by atoms with Crippen LogP contribution >= 0.6 is 11.8 Å². The van der Waals surface area contributed by atoms with E-state index < -0.39 is 0 Å². The van der Waals surface area contributed by atoms with Gasteiger partial charge < -0.3 is 15.5 Å². The van der Waals surface area contributed by atoms with Gasteiger partial charge in [0.1, 0.15) is 0 Å². The Morgan fingerprint density at radius 2 is 2.47 bits per heavy atom. The van der Waals surface area contributed by atoms with Gasteiger partial charge in [-0.15, -0.1) is 0 Å². The third-order valence-electron chi connectivity index (χ3n) is 2.54. The van der Waals surface area contributed by atoms with Gasteiger partial charge in [-0.05, 0) is 7.05 Å². The number of amides is 1. The number of hydrogen-bond donors (Lipinski definition) is 2. The number of hydrogen-bond acceptors (Lipinski definition) is 4. The summed E-state index contributed by atoms with van der Waals surface area (Å²) < 4.78 is 0. The van der Waals surface area contributed by atoms with Crippen LogP contribution in [0.15, 0.2) is 0 Å². The van der Waals surface area contributed by atoms with Crippen molar-refractivity contribution >= 4 is 17.7 Å². The predicted octanol–water partition coefficient (Wildman–Crippen LogP) is -0.241. The summed E-state index contributed by atoms with van der Waals surface area (Å²) >= 11 is 1.93. The molecule has 1 rings (SSSR count). The first-order chi connectivity index (χ1) is 7.24. The summed E-state index contributed by atoms with van der Waals surface area (Å²) in [5.74, 6) is 2.47. The maximum absolute atomic E-state index is 11.8. The molecule has 0 radical (unpaired) electrons. The Morgan fingerprint density at radius 3 is 3.07 bits per heavy atom. The molecule has 0 bridgehead atoms. The number of nitrogens with zero attached hydrogens (tertiary/aromatic N) is 1. The highest BCUT2D eigenvalue weighted by molar-refractivity contribution is 7.99. The molecule has 1 aliphatic heterocycles. The second-order valence-corrected chi connectivity index (χ2v) is 5.00. The molecule has 0 aliphatic carbocycles. The lowest BCUT2D eigenvalue weighted by molar-refractivity contribution is -0.130. The standard InChI is InChI=1S/C10H21N3OS/c1-11-3-5-13(2)10(14)7-9-8-15-6-4-12-9/h9,11-12H,3-8H2,1-2H3. The molecule has 0 aromatic carbocycles. The maximum atomic E-state index is 11.8. The summed E-state index contributed by atoms with van der Waals surface area (Å²) in [5, 5.41) is 6.42. The fourth-order valence-electron chi connectivity index (χ4n) is 1.52. The highest BCUT2D eigenvalue weighted by Crippen LogP contribution is 2.10. The van der Waals surface area contributed by atoms with Crippen LogP contribution in [0.3, 0.4) is 0 Å². The highest BCUT2D eigenvalue weighted by Gasteiger charge is 2.18. The molecule has 0 aromatic rings. The van der Waals surface area contributed by atoms with Crippen molar-refractivity contribution in [3.05, 3.63) is 0 Å². The third-order valence-corrected chi connectivity index (χ3v) is 3.67. The summed E-state index contributed by atoms with van der Waals surface area (Å²) in [4.78, 5) is 13.6. The maximum Gasteiger partial charge on any atom is 0.223 e. The Morgan fingerprint density at radius 1 is 1.67 bits per heavy atom. The minimum atomic E-state index is 0.241. The number of nitrogens with one attached hydrogen (secondary N) is 2. The molecule has 88 valence electrons. The van der Waals surface area contributed by atoms with E-state index in [-0.39, 0.29) is 5.91 Å². The largest absolute Gasteiger partial charge is 0.344 e. The molecule has 4 nitrogen and oxygen atoms in total. The van der Waals surface area contributed by atoms with Crippen LogP contribution in [0.2, 0.25) is 0 Å². The van der Waals surface area contributed by atoms with Crippen LogP contribution in [0, 0.1) is 0 Å². The zero-order valence-electron chi connectivity index (χ0n) is 9.58. The number of thioether (sulfide) groups is 1. The molecule has 1 fully saturated rings. The molecule has 1 saturated heterocycles.